The van der Waals surface area contributed by atoms with Crippen molar-refractivity contribution in [1.82, 2.24) is 14.6 Å². The fraction of sp³-hybridized carbons (Fsp3) is 0.538. The Balaban J connectivity index is 1.74. The second kappa shape index (κ2) is 4.24. The molecule has 18 heavy (non-hydrogen) atoms. The molecule has 96 valence electrons. The van der Waals surface area contributed by atoms with E-state index in [1.54, 1.807) is 4.52 Å². The zero-order valence-electron chi connectivity index (χ0n) is 10.8. The fourth-order valence-corrected chi connectivity index (χ4v) is 2.30. The average molecular weight is 246 g/mol. The Labute approximate surface area is 106 Å². The minimum atomic E-state index is -0.0760. The number of nitrogens with zero attached hydrogens (tertiary/aromatic N) is 3. The number of hydrogen-bond donors (Lipinski definition) is 1. The van der Waals surface area contributed by atoms with Crippen LogP contribution in [0.25, 0.3) is 5.65 Å². The molecule has 3 heterocycles. The maximum Gasteiger partial charge on any atom is 0.243 e. The summed E-state index contributed by atoms with van der Waals surface area (Å²) in [5.41, 5.74) is 1.98. The number of hydrogen-bond acceptors (Lipinski definition) is 4. The molecule has 5 heteroatoms. The SMILES string of the molecule is Cc1ccn2nc(NCC3(C)CCCO3)nc2c1. The first-order valence-electron chi connectivity index (χ1n) is 6.36. The maximum atomic E-state index is 5.73. The van der Waals surface area contributed by atoms with Gasteiger partial charge in [0.2, 0.25) is 5.95 Å². The van der Waals surface area contributed by atoms with E-state index in [1.807, 2.05) is 18.3 Å². The summed E-state index contributed by atoms with van der Waals surface area (Å²) in [5.74, 6) is 0.664. The zero-order chi connectivity index (χ0) is 12.6. The van der Waals surface area contributed by atoms with Crippen molar-refractivity contribution >= 4 is 11.6 Å². The van der Waals surface area contributed by atoms with Crippen LogP contribution in [0.2, 0.25) is 0 Å². The van der Waals surface area contributed by atoms with Gasteiger partial charge in [-0.1, -0.05) is 0 Å². The monoisotopic (exact) mass is 246 g/mol. The minimum absolute atomic E-state index is 0.0760. The van der Waals surface area contributed by atoms with Gasteiger partial charge < -0.3 is 10.1 Å². The van der Waals surface area contributed by atoms with Gasteiger partial charge in [0.15, 0.2) is 5.65 Å². The van der Waals surface area contributed by atoms with Gasteiger partial charge in [0.25, 0.3) is 0 Å². The average Bonchev–Trinajstić information content (AvgIpc) is 2.93. The molecule has 0 amide bonds. The van der Waals surface area contributed by atoms with Crippen molar-refractivity contribution < 1.29 is 4.74 Å². The first-order valence-corrected chi connectivity index (χ1v) is 6.36. The molecule has 0 aliphatic carbocycles. The second-order valence-corrected chi connectivity index (χ2v) is 5.20. The number of rotatable bonds is 3. The van der Waals surface area contributed by atoms with E-state index < -0.39 is 0 Å². The van der Waals surface area contributed by atoms with Gasteiger partial charge in [-0.2, -0.15) is 4.98 Å². The molecule has 1 unspecified atom stereocenters. The van der Waals surface area contributed by atoms with Crippen LogP contribution in [0.1, 0.15) is 25.3 Å². The summed E-state index contributed by atoms with van der Waals surface area (Å²) in [6.45, 7) is 5.79. The first kappa shape index (κ1) is 11.5. The second-order valence-electron chi connectivity index (χ2n) is 5.20. The molecule has 3 rings (SSSR count). The van der Waals surface area contributed by atoms with E-state index in [2.05, 4.69) is 29.2 Å². The molecule has 1 atom stereocenters. The Kier molecular flexibility index (Phi) is 2.70. The molecule has 0 bridgehead atoms. The molecular weight excluding hydrogens is 228 g/mol. The summed E-state index contributed by atoms with van der Waals surface area (Å²) < 4.78 is 7.52. The van der Waals surface area contributed by atoms with Crippen molar-refractivity contribution in [2.75, 3.05) is 18.5 Å². The number of aromatic nitrogens is 3. The van der Waals surface area contributed by atoms with E-state index in [1.165, 1.54) is 5.56 Å². The molecule has 1 fully saturated rings. The van der Waals surface area contributed by atoms with E-state index in [9.17, 15) is 0 Å². The molecule has 1 N–H and O–H groups in total. The predicted molar refractivity (Wildman–Crippen MR) is 69.8 cm³/mol. The van der Waals surface area contributed by atoms with Gasteiger partial charge in [0.1, 0.15) is 0 Å². The highest BCUT2D eigenvalue weighted by molar-refractivity contribution is 5.45. The number of pyridine rings is 1. The van der Waals surface area contributed by atoms with Gasteiger partial charge in [-0.25, -0.2) is 4.52 Å². The van der Waals surface area contributed by atoms with Crippen LogP contribution in [-0.4, -0.2) is 33.4 Å². The third kappa shape index (κ3) is 2.18. The quantitative estimate of drug-likeness (QED) is 0.900. The van der Waals surface area contributed by atoms with Gasteiger partial charge in [0, 0.05) is 19.3 Å². The number of anilines is 1. The highest BCUT2D eigenvalue weighted by Crippen LogP contribution is 2.24. The topological polar surface area (TPSA) is 51.5 Å². The van der Waals surface area contributed by atoms with Gasteiger partial charge in [-0.3, -0.25) is 0 Å². The van der Waals surface area contributed by atoms with E-state index in [0.717, 1.165) is 31.6 Å². The van der Waals surface area contributed by atoms with Crippen LogP contribution >= 0.6 is 0 Å². The van der Waals surface area contributed by atoms with Crippen LogP contribution in [-0.2, 0) is 4.74 Å². The van der Waals surface area contributed by atoms with Gasteiger partial charge in [0.05, 0.1) is 5.60 Å². The van der Waals surface area contributed by atoms with Crippen LogP contribution < -0.4 is 5.32 Å². The summed E-state index contributed by atoms with van der Waals surface area (Å²) in [6, 6.07) is 4.04. The van der Waals surface area contributed by atoms with Crippen LogP contribution in [0.15, 0.2) is 18.3 Å². The predicted octanol–water partition coefficient (Wildman–Crippen LogP) is 2.02. The van der Waals surface area contributed by atoms with Crippen LogP contribution in [0.3, 0.4) is 0 Å². The highest BCUT2D eigenvalue weighted by atomic mass is 16.5. The molecule has 2 aromatic heterocycles. The smallest absolute Gasteiger partial charge is 0.243 e. The summed E-state index contributed by atoms with van der Waals surface area (Å²) in [6.07, 6.45) is 4.15. The number of fused-ring (bicyclic) bond motifs is 1. The molecule has 0 spiro atoms. The summed E-state index contributed by atoms with van der Waals surface area (Å²) >= 11 is 0. The summed E-state index contributed by atoms with van der Waals surface area (Å²) in [7, 11) is 0. The molecule has 0 aromatic carbocycles. The molecule has 1 aliphatic rings. The molecule has 5 nitrogen and oxygen atoms in total. The van der Waals surface area contributed by atoms with Crippen molar-refractivity contribution in [2.24, 2.45) is 0 Å². The lowest BCUT2D eigenvalue weighted by Gasteiger charge is -2.22. The standard InChI is InChI=1S/C13H18N4O/c1-10-4-6-17-11(8-10)15-12(16-17)14-9-13(2)5-3-7-18-13/h4,6,8H,3,5,7,9H2,1-2H3,(H,14,16). The molecule has 1 aliphatic heterocycles. The Hall–Kier alpha value is -1.62. The molecule has 0 radical (unpaired) electrons. The fourth-order valence-electron chi connectivity index (χ4n) is 2.30. The van der Waals surface area contributed by atoms with Crippen molar-refractivity contribution in [3.8, 4) is 0 Å². The van der Waals surface area contributed by atoms with Gasteiger partial charge >= 0.3 is 0 Å². The van der Waals surface area contributed by atoms with Crippen molar-refractivity contribution in [3.05, 3.63) is 23.9 Å². The Morgan fingerprint density at radius 3 is 3.22 bits per heavy atom. The molecular formula is C13H18N4O. The Morgan fingerprint density at radius 2 is 2.44 bits per heavy atom. The number of aryl methyl sites for hydroxylation is 1. The largest absolute Gasteiger partial charge is 0.373 e. The highest BCUT2D eigenvalue weighted by Gasteiger charge is 2.29. The third-order valence-corrected chi connectivity index (χ3v) is 3.41. The molecule has 0 saturated carbocycles. The van der Waals surface area contributed by atoms with Crippen molar-refractivity contribution in [3.63, 3.8) is 0 Å². The van der Waals surface area contributed by atoms with E-state index >= 15 is 0 Å². The van der Waals surface area contributed by atoms with E-state index in [-0.39, 0.29) is 5.60 Å². The summed E-state index contributed by atoms with van der Waals surface area (Å²) in [5, 5.41) is 7.65. The lowest BCUT2D eigenvalue weighted by atomic mass is 10.0. The third-order valence-electron chi connectivity index (χ3n) is 3.41. The zero-order valence-corrected chi connectivity index (χ0v) is 10.8. The Bertz CT molecular complexity index is 557. The minimum Gasteiger partial charge on any atom is -0.373 e. The van der Waals surface area contributed by atoms with Crippen molar-refractivity contribution in [2.45, 2.75) is 32.3 Å². The lowest BCUT2D eigenvalue weighted by molar-refractivity contribution is 0.0314. The van der Waals surface area contributed by atoms with E-state index in [0.29, 0.717) is 5.95 Å². The van der Waals surface area contributed by atoms with Crippen LogP contribution in [0.4, 0.5) is 5.95 Å². The molecule has 1 saturated heterocycles. The van der Waals surface area contributed by atoms with Gasteiger partial charge in [-0.15, -0.1) is 5.10 Å². The number of nitrogens with one attached hydrogen (secondary N) is 1. The van der Waals surface area contributed by atoms with Crippen LogP contribution in [0.5, 0.6) is 0 Å². The first-order chi connectivity index (χ1) is 8.65. The number of ether oxygens (including phenoxy) is 1. The molecule has 2 aromatic rings. The van der Waals surface area contributed by atoms with Crippen molar-refractivity contribution in [1.29, 1.82) is 0 Å². The summed E-state index contributed by atoms with van der Waals surface area (Å²) in [4.78, 5) is 4.45. The Morgan fingerprint density at radius 1 is 1.56 bits per heavy atom. The normalized spacial score (nSPS) is 23.7. The van der Waals surface area contributed by atoms with Gasteiger partial charge in [-0.05, 0) is 44.4 Å². The van der Waals surface area contributed by atoms with Crippen LogP contribution in [0, 0.1) is 6.92 Å². The lowest BCUT2D eigenvalue weighted by Crippen LogP contribution is -2.32. The maximum absolute atomic E-state index is 5.73. The van der Waals surface area contributed by atoms with E-state index in [4.69, 9.17) is 4.74 Å².